The number of hydrogen-bond donors (Lipinski definition) is 2. The minimum atomic E-state index is -0.560. The predicted molar refractivity (Wildman–Crippen MR) is 75.1 cm³/mol. The van der Waals surface area contributed by atoms with Crippen LogP contribution in [0.25, 0.3) is 0 Å². The van der Waals surface area contributed by atoms with E-state index < -0.39 is 6.04 Å². The van der Waals surface area contributed by atoms with Crippen molar-refractivity contribution in [3.05, 3.63) is 29.8 Å². The van der Waals surface area contributed by atoms with Crippen LogP contribution in [0.2, 0.25) is 0 Å². The smallest absolute Gasteiger partial charge is 0.241 e. The molecule has 3 N–H and O–H groups in total. The molecule has 1 aromatic carbocycles. The van der Waals surface area contributed by atoms with Crippen molar-refractivity contribution in [3.8, 4) is 0 Å². The zero-order valence-electron chi connectivity index (χ0n) is 11.5. The molecular formula is C14H22N2O3. The second-order valence-electron chi connectivity index (χ2n) is 4.28. The molecule has 1 aromatic rings. The van der Waals surface area contributed by atoms with Crippen LogP contribution >= 0.6 is 0 Å². The van der Waals surface area contributed by atoms with Gasteiger partial charge in [0.1, 0.15) is 0 Å². The Morgan fingerprint density at radius 2 is 1.95 bits per heavy atom. The number of nitrogens with two attached hydrogens (primary N) is 1. The molecule has 0 heterocycles. The Hall–Kier alpha value is -1.43. The van der Waals surface area contributed by atoms with E-state index in [0.29, 0.717) is 19.6 Å². The van der Waals surface area contributed by atoms with Gasteiger partial charge in [0, 0.05) is 26.5 Å². The van der Waals surface area contributed by atoms with Crippen LogP contribution in [-0.2, 0) is 20.7 Å². The molecule has 0 aliphatic heterocycles. The Balaban J connectivity index is 2.62. The van der Waals surface area contributed by atoms with Crippen molar-refractivity contribution in [2.45, 2.75) is 18.9 Å². The first-order valence-corrected chi connectivity index (χ1v) is 6.31. The number of rotatable bonds is 8. The third kappa shape index (κ3) is 5.38. The average molecular weight is 266 g/mol. The molecule has 1 rings (SSSR count). The molecule has 0 bridgehead atoms. The van der Waals surface area contributed by atoms with Gasteiger partial charge >= 0.3 is 0 Å². The first-order valence-electron chi connectivity index (χ1n) is 6.31. The van der Waals surface area contributed by atoms with E-state index in [1.54, 1.807) is 14.2 Å². The number of benzene rings is 1. The third-order valence-electron chi connectivity index (χ3n) is 2.82. The lowest BCUT2D eigenvalue weighted by Crippen LogP contribution is -2.36. The lowest BCUT2D eigenvalue weighted by molar-refractivity contribution is -0.117. The van der Waals surface area contributed by atoms with Crippen LogP contribution in [-0.4, -0.2) is 39.4 Å². The van der Waals surface area contributed by atoms with Crippen LogP contribution in [0.5, 0.6) is 0 Å². The third-order valence-corrected chi connectivity index (χ3v) is 2.82. The molecule has 106 valence electrons. The summed E-state index contributed by atoms with van der Waals surface area (Å²) in [5.41, 5.74) is 7.61. The summed E-state index contributed by atoms with van der Waals surface area (Å²) in [4.78, 5) is 11.9. The maximum Gasteiger partial charge on any atom is 0.241 e. The minimum absolute atomic E-state index is 0.193. The molecule has 5 nitrogen and oxygen atoms in total. The van der Waals surface area contributed by atoms with Crippen molar-refractivity contribution in [2.24, 2.45) is 5.73 Å². The number of methoxy groups -OCH3 is 2. The number of nitrogens with one attached hydrogen (secondary N) is 1. The van der Waals surface area contributed by atoms with Gasteiger partial charge in [-0.1, -0.05) is 18.2 Å². The molecule has 0 saturated heterocycles. The lowest BCUT2D eigenvalue weighted by Gasteiger charge is -2.14. The summed E-state index contributed by atoms with van der Waals surface area (Å²) in [6, 6.07) is 7.09. The Morgan fingerprint density at radius 3 is 2.63 bits per heavy atom. The van der Waals surface area contributed by atoms with Crippen molar-refractivity contribution < 1.29 is 14.3 Å². The molecule has 0 radical (unpaired) electrons. The van der Waals surface area contributed by atoms with Gasteiger partial charge in [0.25, 0.3) is 0 Å². The van der Waals surface area contributed by atoms with E-state index in [9.17, 15) is 4.79 Å². The predicted octanol–water partition coefficient (Wildman–Crippen LogP) is 1.18. The van der Waals surface area contributed by atoms with E-state index in [1.165, 1.54) is 0 Å². The van der Waals surface area contributed by atoms with E-state index in [-0.39, 0.29) is 5.91 Å². The highest BCUT2D eigenvalue weighted by molar-refractivity contribution is 5.95. The molecule has 0 fully saturated rings. The summed E-state index contributed by atoms with van der Waals surface area (Å²) in [7, 11) is 3.24. The first-order chi connectivity index (χ1) is 9.19. The molecule has 0 spiro atoms. The molecule has 1 atom stereocenters. The molecule has 0 aliphatic rings. The molecule has 0 aliphatic carbocycles. The summed E-state index contributed by atoms with van der Waals surface area (Å²) in [6.45, 7) is 1.09. The summed E-state index contributed by atoms with van der Waals surface area (Å²) in [5, 5.41) is 2.85. The summed E-state index contributed by atoms with van der Waals surface area (Å²) in [6.07, 6.45) is 1.25. The second-order valence-corrected chi connectivity index (χ2v) is 4.28. The van der Waals surface area contributed by atoms with Crippen molar-refractivity contribution in [1.82, 2.24) is 0 Å². The molecule has 0 saturated carbocycles. The van der Waals surface area contributed by atoms with E-state index in [2.05, 4.69) is 5.32 Å². The Morgan fingerprint density at radius 1 is 1.26 bits per heavy atom. The number of carbonyl (C=O) groups is 1. The van der Waals surface area contributed by atoms with Gasteiger partial charge in [-0.2, -0.15) is 0 Å². The van der Waals surface area contributed by atoms with Crippen LogP contribution in [0.1, 0.15) is 12.0 Å². The van der Waals surface area contributed by atoms with Crippen LogP contribution in [0.3, 0.4) is 0 Å². The van der Waals surface area contributed by atoms with Crippen LogP contribution in [0.15, 0.2) is 24.3 Å². The molecule has 19 heavy (non-hydrogen) atoms. The highest BCUT2D eigenvalue weighted by Gasteiger charge is 2.14. The van der Waals surface area contributed by atoms with Gasteiger partial charge in [-0.15, -0.1) is 0 Å². The first kappa shape index (κ1) is 15.6. The van der Waals surface area contributed by atoms with E-state index in [4.69, 9.17) is 15.2 Å². The highest BCUT2D eigenvalue weighted by Crippen LogP contribution is 2.16. The number of hydrogen-bond acceptors (Lipinski definition) is 4. The number of anilines is 1. The van der Waals surface area contributed by atoms with Gasteiger partial charge < -0.3 is 20.5 Å². The number of carbonyl (C=O) groups excluding carboxylic acids is 1. The largest absolute Gasteiger partial charge is 0.385 e. The van der Waals surface area contributed by atoms with Gasteiger partial charge in [0.05, 0.1) is 12.6 Å². The SMILES string of the molecule is COCCc1ccccc1NC(=O)C(N)CCOC. The van der Waals surface area contributed by atoms with Crippen LogP contribution in [0.4, 0.5) is 5.69 Å². The minimum Gasteiger partial charge on any atom is -0.385 e. The van der Waals surface area contributed by atoms with E-state index >= 15 is 0 Å². The average Bonchev–Trinajstić information content (AvgIpc) is 2.43. The zero-order valence-corrected chi connectivity index (χ0v) is 11.5. The van der Waals surface area contributed by atoms with E-state index in [0.717, 1.165) is 17.7 Å². The number of para-hydroxylation sites is 1. The highest BCUT2D eigenvalue weighted by atomic mass is 16.5. The maximum atomic E-state index is 11.9. The molecule has 1 unspecified atom stereocenters. The Labute approximate surface area is 114 Å². The van der Waals surface area contributed by atoms with Gasteiger partial charge in [-0.3, -0.25) is 4.79 Å². The molecular weight excluding hydrogens is 244 g/mol. The van der Waals surface area contributed by atoms with Crippen molar-refractivity contribution in [1.29, 1.82) is 0 Å². The summed E-state index contributed by atoms with van der Waals surface area (Å²) >= 11 is 0. The number of amides is 1. The fraction of sp³-hybridized carbons (Fsp3) is 0.500. The van der Waals surface area contributed by atoms with Crippen molar-refractivity contribution >= 4 is 11.6 Å². The van der Waals surface area contributed by atoms with Crippen molar-refractivity contribution in [2.75, 3.05) is 32.8 Å². The Bertz CT molecular complexity index is 396. The number of ether oxygens (including phenoxy) is 2. The zero-order chi connectivity index (χ0) is 14.1. The van der Waals surface area contributed by atoms with Crippen LogP contribution < -0.4 is 11.1 Å². The molecule has 5 heteroatoms. The van der Waals surface area contributed by atoms with Crippen LogP contribution in [0, 0.1) is 0 Å². The summed E-state index contributed by atoms with van der Waals surface area (Å²) in [5.74, 6) is -0.193. The van der Waals surface area contributed by atoms with Gasteiger partial charge in [-0.05, 0) is 24.5 Å². The van der Waals surface area contributed by atoms with Crippen molar-refractivity contribution in [3.63, 3.8) is 0 Å². The second kappa shape index (κ2) is 8.63. The molecule has 0 aromatic heterocycles. The maximum absolute atomic E-state index is 11.9. The lowest BCUT2D eigenvalue weighted by atomic mass is 10.1. The van der Waals surface area contributed by atoms with Gasteiger partial charge in [-0.25, -0.2) is 0 Å². The monoisotopic (exact) mass is 266 g/mol. The normalized spacial score (nSPS) is 12.2. The quantitative estimate of drug-likeness (QED) is 0.741. The van der Waals surface area contributed by atoms with E-state index in [1.807, 2.05) is 24.3 Å². The fourth-order valence-corrected chi connectivity index (χ4v) is 1.67. The standard InChI is InChI=1S/C14H22N2O3/c1-18-9-7-11-5-3-4-6-13(11)16-14(17)12(15)8-10-19-2/h3-6,12H,7-10,15H2,1-2H3,(H,16,17). The summed E-state index contributed by atoms with van der Waals surface area (Å²) < 4.78 is 9.97. The van der Waals surface area contributed by atoms with Gasteiger partial charge in [0.2, 0.25) is 5.91 Å². The fourth-order valence-electron chi connectivity index (χ4n) is 1.67. The molecule has 1 amide bonds. The Kier molecular flexibility index (Phi) is 7.10. The van der Waals surface area contributed by atoms with Gasteiger partial charge in [0.15, 0.2) is 0 Å². The topological polar surface area (TPSA) is 73.6 Å².